The van der Waals surface area contributed by atoms with Gasteiger partial charge in [0.15, 0.2) is 0 Å². The Labute approximate surface area is 159 Å². The Kier molecular flexibility index (Phi) is 5.90. The molecule has 3 rings (SSSR count). The summed E-state index contributed by atoms with van der Waals surface area (Å²) in [7, 11) is 0. The largest absolute Gasteiger partial charge is 0.338 e. The summed E-state index contributed by atoms with van der Waals surface area (Å²) in [5.41, 5.74) is 1.00. The molecule has 0 bridgehead atoms. The first-order valence-corrected chi connectivity index (χ1v) is 9.81. The standard InChI is InChI=1S/C18H19FN4O3S/c1-27-5-3-15(24)23-4-2-14-11(10-23)7-21-17(25)16(14)18(26)22-13-6-12(19)8-20-9-13/h6-9H,2-5,10H2,1H3,(H,21,25)(H,22,26). The average Bonchev–Trinajstić information content (AvgIpc) is 2.65. The summed E-state index contributed by atoms with van der Waals surface area (Å²) < 4.78 is 13.3. The lowest BCUT2D eigenvalue weighted by atomic mass is 9.96. The quantitative estimate of drug-likeness (QED) is 0.812. The van der Waals surface area contributed by atoms with Crippen LogP contribution in [0.1, 0.15) is 27.9 Å². The van der Waals surface area contributed by atoms with Gasteiger partial charge in [-0.25, -0.2) is 4.39 Å². The van der Waals surface area contributed by atoms with Crippen molar-refractivity contribution in [2.24, 2.45) is 0 Å². The summed E-state index contributed by atoms with van der Waals surface area (Å²) in [6.07, 6.45) is 6.69. The molecule has 2 N–H and O–H groups in total. The third-order valence-electron chi connectivity index (χ3n) is 4.35. The second-order valence-corrected chi connectivity index (χ2v) is 7.14. The number of carbonyl (C=O) groups excluding carboxylic acids is 2. The Balaban J connectivity index is 1.83. The highest BCUT2D eigenvalue weighted by Gasteiger charge is 2.26. The number of hydrogen-bond donors (Lipinski definition) is 2. The molecule has 3 heterocycles. The fourth-order valence-corrected chi connectivity index (χ4v) is 3.42. The van der Waals surface area contributed by atoms with Crippen LogP contribution in [0.4, 0.5) is 10.1 Å². The molecule has 0 atom stereocenters. The van der Waals surface area contributed by atoms with E-state index in [1.807, 2.05) is 6.26 Å². The van der Waals surface area contributed by atoms with E-state index in [1.54, 1.807) is 22.9 Å². The lowest BCUT2D eigenvalue weighted by molar-refractivity contribution is -0.131. The second kappa shape index (κ2) is 8.34. The van der Waals surface area contributed by atoms with Gasteiger partial charge in [-0.1, -0.05) is 0 Å². The number of thioether (sulfide) groups is 1. The Bertz CT molecular complexity index is 931. The van der Waals surface area contributed by atoms with Crippen molar-refractivity contribution >= 4 is 29.3 Å². The number of aromatic nitrogens is 2. The smallest absolute Gasteiger partial charge is 0.261 e. The van der Waals surface area contributed by atoms with Crippen molar-refractivity contribution in [3.8, 4) is 0 Å². The van der Waals surface area contributed by atoms with Crippen molar-refractivity contribution in [2.45, 2.75) is 19.4 Å². The number of carbonyl (C=O) groups is 2. The molecule has 1 aliphatic rings. The van der Waals surface area contributed by atoms with Crippen LogP contribution in [0.2, 0.25) is 0 Å². The molecule has 0 fully saturated rings. The molecule has 2 aromatic rings. The molecule has 0 spiro atoms. The van der Waals surface area contributed by atoms with Gasteiger partial charge in [0.25, 0.3) is 11.5 Å². The zero-order valence-electron chi connectivity index (χ0n) is 14.8. The van der Waals surface area contributed by atoms with Crippen LogP contribution in [0.5, 0.6) is 0 Å². The van der Waals surface area contributed by atoms with E-state index in [-0.39, 0.29) is 17.2 Å². The number of nitrogens with one attached hydrogen (secondary N) is 2. The molecular formula is C18H19FN4O3S. The van der Waals surface area contributed by atoms with Gasteiger partial charge >= 0.3 is 0 Å². The van der Waals surface area contributed by atoms with Gasteiger partial charge in [-0.3, -0.25) is 19.4 Å². The Morgan fingerprint density at radius 1 is 1.41 bits per heavy atom. The number of aromatic amines is 1. The van der Waals surface area contributed by atoms with Crippen molar-refractivity contribution in [3.05, 3.63) is 57.5 Å². The molecular weight excluding hydrogens is 371 g/mol. The molecule has 0 radical (unpaired) electrons. The fraction of sp³-hybridized carbons (Fsp3) is 0.333. The van der Waals surface area contributed by atoms with Gasteiger partial charge in [-0.2, -0.15) is 11.8 Å². The topological polar surface area (TPSA) is 95.2 Å². The third-order valence-corrected chi connectivity index (χ3v) is 4.96. The average molecular weight is 390 g/mol. The molecule has 2 aromatic heterocycles. The highest BCUT2D eigenvalue weighted by Crippen LogP contribution is 2.21. The molecule has 7 nitrogen and oxygen atoms in total. The summed E-state index contributed by atoms with van der Waals surface area (Å²) in [6.45, 7) is 0.798. The number of rotatable bonds is 5. The summed E-state index contributed by atoms with van der Waals surface area (Å²) >= 11 is 1.61. The molecule has 0 aromatic carbocycles. The zero-order chi connectivity index (χ0) is 19.4. The first-order chi connectivity index (χ1) is 13.0. The number of H-pyrrole nitrogens is 1. The van der Waals surface area contributed by atoms with Gasteiger partial charge in [-0.15, -0.1) is 0 Å². The Morgan fingerprint density at radius 3 is 2.96 bits per heavy atom. The van der Waals surface area contributed by atoms with Crippen LogP contribution in [0.15, 0.2) is 29.5 Å². The van der Waals surface area contributed by atoms with E-state index < -0.39 is 17.3 Å². The van der Waals surface area contributed by atoms with E-state index in [1.165, 1.54) is 6.20 Å². The predicted molar refractivity (Wildman–Crippen MR) is 101 cm³/mol. The van der Waals surface area contributed by atoms with E-state index in [9.17, 15) is 18.8 Å². The Hall–Kier alpha value is -2.68. The number of amides is 2. The molecule has 9 heteroatoms. The van der Waals surface area contributed by atoms with Crippen LogP contribution >= 0.6 is 11.8 Å². The zero-order valence-corrected chi connectivity index (χ0v) is 15.6. The van der Waals surface area contributed by atoms with Crippen LogP contribution in [-0.4, -0.2) is 45.2 Å². The maximum Gasteiger partial charge on any atom is 0.261 e. The number of halogens is 1. The van der Waals surface area contributed by atoms with Crippen LogP contribution in [0.3, 0.4) is 0 Å². The van der Waals surface area contributed by atoms with Crippen molar-refractivity contribution < 1.29 is 14.0 Å². The summed E-state index contributed by atoms with van der Waals surface area (Å²) in [4.78, 5) is 45.1. The minimum Gasteiger partial charge on any atom is -0.338 e. The minimum atomic E-state index is -0.623. The van der Waals surface area contributed by atoms with E-state index in [4.69, 9.17) is 0 Å². The molecule has 2 amide bonds. The van der Waals surface area contributed by atoms with Gasteiger partial charge in [0, 0.05) is 37.5 Å². The summed E-state index contributed by atoms with van der Waals surface area (Å²) in [5.74, 6) is -0.403. The number of nitrogens with zero attached hydrogens (tertiary/aromatic N) is 2. The van der Waals surface area contributed by atoms with Gasteiger partial charge in [0.05, 0.1) is 18.1 Å². The molecule has 0 aliphatic carbocycles. The highest BCUT2D eigenvalue weighted by molar-refractivity contribution is 7.98. The monoisotopic (exact) mass is 390 g/mol. The van der Waals surface area contributed by atoms with E-state index >= 15 is 0 Å². The summed E-state index contributed by atoms with van der Waals surface area (Å²) in [5, 5.41) is 2.51. The normalized spacial score (nSPS) is 13.2. The fourth-order valence-electron chi connectivity index (χ4n) is 3.04. The van der Waals surface area contributed by atoms with Gasteiger partial charge in [0.1, 0.15) is 11.4 Å². The molecule has 0 saturated carbocycles. The van der Waals surface area contributed by atoms with Crippen molar-refractivity contribution in [1.82, 2.24) is 14.9 Å². The van der Waals surface area contributed by atoms with E-state index in [0.717, 1.165) is 23.6 Å². The molecule has 0 unspecified atom stereocenters. The second-order valence-electron chi connectivity index (χ2n) is 6.15. The van der Waals surface area contributed by atoms with Gasteiger partial charge < -0.3 is 15.2 Å². The lowest BCUT2D eigenvalue weighted by Crippen LogP contribution is -2.38. The van der Waals surface area contributed by atoms with Gasteiger partial charge in [-0.05, 0) is 23.8 Å². The lowest BCUT2D eigenvalue weighted by Gasteiger charge is -2.29. The van der Waals surface area contributed by atoms with Crippen molar-refractivity contribution in [3.63, 3.8) is 0 Å². The van der Waals surface area contributed by atoms with Crippen molar-refractivity contribution in [1.29, 1.82) is 0 Å². The first-order valence-electron chi connectivity index (χ1n) is 8.41. The SMILES string of the molecule is CSCCC(=O)N1CCc2c(c[nH]c(=O)c2C(=O)Nc2cncc(F)c2)C1. The number of hydrogen-bond acceptors (Lipinski definition) is 5. The highest BCUT2D eigenvalue weighted by atomic mass is 32.2. The maximum atomic E-state index is 13.3. The number of fused-ring (bicyclic) bond motifs is 1. The minimum absolute atomic E-state index is 0.00651. The number of pyridine rings is 2. The van der Waals surface area contributed by atoms with Crippen LogP contribution in [0.25, 0.3) is 0 Å². The van der Waals surface area contributed by atoms with E-state index in [0.29, 0.717) is 31.5 Å². The van der Waals surface area contributed by atoms with Gasteiger partial charge in [0.2, 0.25) is 5.91 Å². The van der Waals surface area contributed by atoms with E-state index in [2.05, 4.69) is 15.3 Å². The van der Waals surface area contributed by atoms with Crippen LogP contribution < -0.4 is 10.9 Å². The maximum absolute atomic E-state index is 13.3. The summed E-state index contributed by atoms with van der Waals surface area (Å²) in [6, 6.07) is 1.13. The third kappa shape index (κ3) is 4.36. The number of anilines is 1. The molecule has 142 valence electrons. The first kappa shape index (κ1) is 19.1. The molecule has 0 saturated heterocycles. The predicted octanol–water partition coefficient (Wildman–Crippen LogP) is 1.80. The van der Waals surface area contributed by atoms with Crippen LogP contribution in [-0.2, 0) is 17.8 Å². The Morgan fingerprint density at radius 2 is 2.22 bits per heavy atom. The molecule has 1 aliphatic heterocycles. The molecule has 27 heavy (non-hydrogen) atoms. The van der Waals surface area contributed by atoms with Crippen LogP contribution in [0, 0.1) is 5.82 Å². The van der Waals surface area contributed by atoms with Crippen molar-refractivity contribution in [2.75, 3.05) is 23.9 Å².